The highest BCUT2D eigenvalue weighted by Gasteiger charge is 2.12. The molecule has 0 aliphatic heterocycles. The molecule has 0 bridgehead atoms. The van der Waals surface area contributed by atoms with E-state index >= 15 is 0 Å². The number of carbonyl (C=O) groups is 1. The molecule has 20 heavy (non-hydrogen) atoms. The lowest BCUT2D eigenvalue weighted by Gasteiger charge is -2.24. The van der Waals surface area contributed by atoms with Crippen molar-refractivity contribution in [3.63, 3.8) is 0 Å². The highest BCUT2D eigenvalue weighted by atomic mass is 79.9. The van der Waals surface area contributed by atoms with Gasteiger partial charge in [0.2, 0.25) is 5.91 Å². The van der Waals surface area contributed by atoms with Crippen LogP contribution < -0.4 is 15.5 Å². The third kappa shape index (κ3) is 5.13. The van der Waals surface area contributed by atoms with Crippen LogP contribution in [0, 0.1) is 0 Å². The number of nitrogens with zero attached hydrogens (tertiary/aromatic N) is 1. The van der Waals surface area contributed by atoms with Gasteiger partial charge < -0.3 is 15.5 Å². The van der Waals surface area contributed by atoms with E-state index < -0.39 is 0 Å². The molecule has 1 rings (SSSR count). The van der Waals surface area contributed by atoms with Crippen LogP contribution in [0.1, 0.15) is 26.3 Å². The van der Waals surface area contributed by atoms with Crippen molar-refractivity contribution in [3.05, 3.63) is 28.2 Å². The molecular formula is C15H24BrN3O. The van der Waals surface area contributed by atoms with Crippen molar-refractivity contribution in [2.75, 3.05) is 31.1 Å². The topological polar surface area (TPSA) is 44.4 Å². The van der Waals surface area contributed by atoms with Crippen molar-refractivity contribution in [1.29, 1.82) is 0 Å². The Bertz CT molecular complexity index is 437. The van der Waals surface area contributed by atoms with E-state index in [9.17, 15) is 4.79 Å². The Labute approximate surface area is 130 Å². The smallest absolute Gasteiger partial charge is 0.239 e. The fourth-order valence-corrected chi connectivity index (χ4v) is 2.66. The zero-order valence-corrected chi connectivity index (χ0v) is 14.1. The summed E-state index contributed by atoms with van der Waals surface area (Å²) < 4.78 is 1.03. The van der Waals surface area contributed by atoms with Gasteiger partial charge in [-0.2, -0.15) is 0 Å². The van der Waals surface area contributed by atoms with Gasteiger partial charge in [-0.1, -0.05) is 13.0 Å². The first-order valence-electron chi connectivity index (χ1n) is 7.13. The summed E-state index contributed by atoms with van der Waals surface area (Å²) in [5.74, 6) is 0.0537. The molecule has 0 spiro atoms. The Kier molecular flexibility index (Phi) is 7.62. The average Bonchev–Trinajstić information content (AvgIpc) is 2.43. The van der Waals surface area contributed by atoms with Crippen molar-refractivity contribution >= 4 is 27.5 Å². The largest absolute Gasteiger partial charge is 0.362 e. The summed E-state index contributed by atoms with van der Waals surface area (Å²) in [4.78, 5) is 13.8. The van der Waals surface area contributed by atoms with Gasteiger partial charge >= 0.3 is 0 Å². The average molecular weight is 342 g/mol. The van der Waals surface area contributed by atoms with Crippen molar-refractivity contribution < 1.29 is 4.79 Å². The minimum absolute atomic E-state index is 0.0537. The molecule has 2 N–H and O–H groups in total. The van der Waals surface area contributed by atoms with Crippen LogP contribution in [0.3, 0.4) is 0 Å². The normalized spacial score (nSPS) is 10.4. The van der Waals surface area contributed by atoms with E-state index in [1.54, 1.807) is 0 Å². The van der Waals surface area contributed by atoms with E-state index in [1.165, 1.54) is 5.56 Å². The number of halogens is 1. The summed E-state index contributed by atoms with van der Waals surface area (Å²) in [5, 5.41) is 6.14. The van der Waals surface area contributed by atoms with E-state index in [1.807, 2.05) is 6.92 Å². The van der Waals surface area contributed by atoms with Crippen LogP contribution in [0.25, 0.3) is 0 Å². The monoisotopic (exact) mass is 341 g/mol. The van der Waals surface area contributed by atoms with Gasteiger partial charge in [-0.05, 0) is 54.0 Å². The Hall–Kier alpha value is -1.07. The van der Waals surface area contributed by atoms with E-state index in [0.717, 1.165) is 29.8 Å². The summed E-state index contributed by atoms with van der Waals surface area (Å²) in [6.45, 7) is 9.73. The fraction of sp³-hybridized carbons (Fsp3) is 0.533. The van der Waals surface area contributed by atoms with Gasteiger partial charge in [0.1, 0.15) is 0 Å². The van der Waals surface area contributed by atoms with Crippen LogP contribution in [0.4, 0.5) is 5.69 Å². The molecule has 0 fully saturated rings. The highest BCUT2D eigenvalue weighted by molar-refractivity contribution is 9.10. The number of hydrogen-bond donors (Lipinski definition) is 2. The molecule has 0 aliphatic rings. The quantitative estimate of drug-likeness (QED) is 0.763. The van der Waals surface area contributed by atoms with Gasteiger partial charge in [0, 0.05) is 24.1 Å². The fourth-order valence-electron chi connectivity index (χ4n) is 1.98. The Morgan fingerprint density at radius 1 is 1.25 bits per heavy atom. The minimum Gasteiger partial charge on any atom is -0.362 e. The molecule has 112 valence electrons. The molecule has 0 unspecified atom stereocenters. The third-order valence-electron chi connectivity index (χ3n) is 3.02. The molecule has 1 aromatic rings. The second-order valence-electron chi connectivity index (χ2n) is 4.53. The van der Waals surface area contributed by atoms with Crippen LogP contribution in [-0.2, 0) is 11.3 Å². The molecular weight excluding hydrogens is 318 g/mol. The molecule has 0 aliphatic carbocycles. The van der Waals surface area contributed by atoms with E-state index in [-0.39, 0.29) is 5.91 Å². The van der Waals surface area contributed by atoms with Crippen molar-refractivity contribution in [2.45, 2.75) is 27.3 Å². The lowest BCUT2D eigenvalue weighted by molar-refractivity contribution is -0.119. The zero-order valence-electron chi connectivity index (χ0n) is 12.5. The van der Waals surface area contributed by atoms with Crippen molar-refractivity contribution in [3.8, 4) is 0 Å². The van der Waals surface area contributed by atoms with Gasteiger partial charge in [-0.15, -0.1) is 0 Å². The second-order valence-corrected chi connectivity index (χ2v) is 5.39. The summed E-state index contributed by atoms with van der Waals surface area (Å²) >= 11 is 3.61. The molecule has 1 amide bonds. The first-order chi connectivity index (χ1) is 9.62. The highest BCUT2D eigenvalue weighted by Crippen LogP contribution is 2.27. The summed E-state index contributed by atoms with van der Waals surface area (Å²) in [6.07, 6.45) is 0. The minimum atomic E-state index is 0.0537. The maximum absolute atomic E-state index is 11.7. The number of likely N-dealkylation sites (N-methyl/N-ethyl adjacent to an activating group) is 2. The number of anilines is 1. The molecule has 0 aromatic heterocycles. The molecule has 0 saturated carbocycles. The van der Waals surface area contributed by atoms with E-state index in [2.05, 4.69) is 63.5 Å². The number of amides is 1. The Morgan fingerprint density at radius 2 is 2.00 bits per heavy atom. The first kappa shape index (κ1) is 17.0. The maximum Gasteiger partial charge on any atom is 0.239 e. The molecule has 5 heteroatoms. The molecule has 1 aromatic carbocycles. The van der Waals surface area contributed by atoms with E-state index in [0.29, 0.717) is 13.1 Å². The molecule has 0 atom stereocenters. The predicted molar refractivity (Wildman–Crippen MR) is 88.1 cm³/mol. The van der Waals surface area contributed by atoms with Crippen LogP contribution in [0.15, 0.2) is 22.7 Å². The lowest BCUT2D eigenvalue weighted by atomic mass is 10.2. The number of rotatable bonds is 8. The summed E-state index contributed by atoms with van der Waals surface area (Å²) in [5.41, 5.74) is 2.29. The molecule has 0 heterocycles. The van der Waals surface area contributed by atoms with Crippen LogP contribution in [0.5, 0.6) is 0 Å². The lowest BCUT2D eigenvalue weighted by Crippen LogP contribution is -2.37. The first-order valence-corrected chi connectivity index (χ1v) is 7.92. The Morgan fingerprint density at radius 3 is 2.55 bits per heavy atom. The SMILES string of the molecule is CCNCc1ccc(N(CC)CC(=O)NCC)c(Br)c1. The molecule has 4 nitrogen and oxygen atoms in total. The number of carbonyl (C=O) groups excluding carboxylic acids is 1. The second kappa shape index (κ2) is 8.97. The maximum atomic E-state index is 11.7. The van der Waals surface area contributed by atoms with Gasteiger partial charge in [0.05, 0.1) is 12.2 Å². The third-order valence-corrected chi connectivity index (χ3v) is 3.66. The van der Waals surface area contributed by atoms with Crippen LogP contribution >= 0.6 is 15.9 Å². The van der Waals surface area contributed by atoms with Gasteiger partial charge in [0.25, 0.3) is 0 Å². The predicted octanol–water partition coefficient (Wildman–Crippen LogP) is 2.52. The summed E-state index contributed by atoms with van der Waals surface area (Å²) in [7, 11) is 0. The zero-order chi connectivity index (χ0) is 15.0. The Balaban J connectivity index is 2.79. The number of hydrogen-bond acceptors (Lipinski definition) is 3. The van der Waals surface area contributed by atoms with Gasteiger partial charge in [0.15, 0.2) is 0 Å². The molecule has 0 saturated heterocycles. The standard InChI is InChI=1S/C15H24BrN3O/c1-4-17-10-12-7-8-14(13(16)9-12)19(6-3)11-15(20)18-5-2/h7-9,17H,4-6,10-11H2,1-3H3,(H,18,20). The number of nitrogens with one attached hydrogen (secondary N) is 2. The van der Waals surface area contributed by atoms with Crippen LogP contribution in [-0.4, -0.2) is 32.1 Å². The summed E-state index contributed by atoms with van der Waals surface area (Å²) in [6, 6.07) is 6.28. The van der Waals surface area contributed by atoms with Gasteiger partial charge in [-0.25, -0.2) is 0 Å². The van der Waals surface area contributed by atoms with Crippen LogP contribution in [0.2, 0.25) is 0 Å². The molecule has 0 radical (unpaired) electrons. The van der Waals surface area contributed by atoms with E-state index in [4.69, 9.17) is 0 Å². The van der Waals surface area contributed by atoms with Crippen molar-refractivity contribution in [2.24, 2.45) is 0 Å². The van der Waals surface area contributed by atoms with Crippen molar-refractivity contribution in [1.82, 2.24) is 10.6 Å². The number of benzene rings is 1. The van der Waals surface area contributed by atoms with Gasteiger partial charge in [-0.3, -0.25) is 4.79 Å².